The number of fused-ring (bicyclic) bond motifs is 6. The number of ether oxygens (including phenoxy) is 4. The molecule has 1 aromatic heterocycles. The Morgan fingerprint density at radius 2 is 1.61 bits per heavy atom. The summed E-state index contributed by atoms with van der Waals surface area (Å²) in [4.78, 5) is 69.4. The molecule has 3 aromatic carbocycles. The number of hydrogen-bond donors (Lipinski definition) is 3. The zero-order valence-corrected chi connectivity index (χ0v) is 36.7. The van der Waals surface area contributed by atoms with Crippen molar-refractivity contribution in [1.82, 2.24) is 30.4 Å². The van der Waals surface area contributed by atoms with Crippen LogP contribution in [0.3, 0.4) is 0 Å². The van der Waals surface area contributed by atoms with E-state index in [9.17, 15) is 19.2 Å². The van der Waals surface area contributed by atoms with E-state index in [1.165, 1.54) is 14.2 Å². The van der Waals surface area contributed by atoms with Gasteiger partial charge < -0.3 is 44.4 Å². The number of imidazole rings is 1. The number of H-pyrrole nitrogens is 1. The number of alkyl carbamates (subject to hydrolysis) is 2. The Morgan fingerprint density at radius 3 is 2.31 bits per heavy atom. The van der Waals surface area contributed by atoms with Crippen molar-refractivity contribution in [2.75, 3.05) is 34.5 Å². The third kappa shape index (κ3) is 7.98. The summed E-state index contributed by atoms with van der Waals surface area (Å²) in [5.41, 5.74) is 7.88. The topological polar surface area (TPSA) is 177 Å². The Morgan fingerprint density at radius 1 is 0.887 bits per heavy atom. The van der Waals surface area contributed by atoms with Crippen LogP contribution in [-0.2, 0) is 36.8 Å². The monoisotopic (exact) mass is 847 g/mol. The van der Waals surface area contributed by atoms with Gasteiger partial charge in [-0.05, 0) is 95.3 Å². The molecule has 1 unspecified atom stereocenters. The summed E-state index contributed by atoms with van der Waals surface area (Å²) in [6.07, 6.45) is 3.44. The smallest absolute Gasteiger partial charge is 0.407 e. The third-order valence-electron chi connectivity index (χ3n) is 13.0. The molecule has 0 saturated carbocycles. The van der Waals surface area contributed by atoms with Gasteiger partial charge in [0.05, 0.1) is 50.5 Å². The van der Waals surface area contributed by atoms with Gasteiger partial charge in [0.2, 0.25) is 11.8 Å². The van der Waals surface area contributed by atoms with E-state index in [4.69, 9.17) is 28.9 Å². The highest BCUT2D eigenvalue weighted by atomic mass is 16.5. The molecule has 6 atom stereocenters. The lowest BCUT2D eigenvalue weighted by Crippen LogP contribution is -2.53. The number of methoxy groups -OCH3 is 3. The highest BCUT2D eigenvalue weighted by Crippen LogP contribution is 2.45. The minimum absolute atomic E-state index is 0.0163. The van der Waals surface area contributed by atoms with Crippen LogP contribution in [0, 0.1) is 17.8 Å². The molecule has 0 bridgehead atoms. The molecule has 3 N–H and O–H groups in total. The largest absolute Gasteiger partial charge is 0.488 e. The number of likely N-dealkylation sites (tertiary alicyclic amines) is 2. The van der Waals surface area contributed by atoms with Gasteiger partial charge in [-0.2, -0.15) is 0 Å². The number of aromatic nitrogens is 2. The lowest BCUT2D eigenvalue weighted by molar-refractivity contribution is -0.137. The van der Waals surface area contributed by atoms with E-state index < -0.39 is 24.3 Å². The normalized spacial score (nSPS) is 21.2. The van der Waals surface area contributed by atoms with E-state index >= 15 is 0 Å². The fourth-order valence-electron chi connectivity index (χ4n) is 9.74. The molecule has 328 valence electrons. The van der Waals surface area contributed by atoms with Crippen LogP contribution < -0.4 is 15.4 Å². The van der Waals surface area contributed by atoms with Crippen LogP contribution in [0.5, 0.6) is 5.75 Å². The zero-order chi connectivity index (χ0) is 44.0. The number of nitrogens with one attached hydrogen (secondary N) is 3. The lowest BCUT2D eigenvalue weighted by atomic mass is 9.90. The zero-order valence-electron chi connectivity index (χ0n) is 36.7. The molecule has 0 spiro atoms. The molecule has 15 nitrogen and oxygen atoms in total. The molecular formula is C47H57N7O8. The van der Waals surface area contributed by atoms with Gasteiger partial charge in [-0.25, -0.2) is 14.6 Å². The molecule has 4 amide bonds. The standard InChI is InChI=1S/C47H57N7O8/c1-24(2)41(51-46(57)60-7)44(55)53-21-27(22-59-6)15-39(53)36-18-33-32-19-40-34(17-28(32)11-13-35(33)49-36)31-12-10-29(16-30(31)23-62-40)37-20-48-43(50-37)38-14-9-26(5)54(38)45(56)42(25(3)4)52-47(58)61-8/h10-13,16-17,19-20,24-27,38-39,41-42H,9,14-15,18,21-23H2,1-8H3,(H,48,50)(H,51,57)(H,52,58)/t26-,27-,38?,39-,41-,42-/m0/s1. The van der Waals surface area contributed by atoms with Crippen LogP contribution in [0.1, 0.15) is 76.9 Å². The number of carbonyl (C=O) groups is 4. The number of nitrogens with zero attached hydrogens (tertiary/aromatic N) is 4. The number of benzene rings is 3. The van der Waals surface area contributed by atoms with Crippen molar-refractivity contribution in [2.24, 2.45) is 22.7 Å². The molecule has 0 radical (unpaired) electrons. The van der Waals surface area contributed by atoms with Crippen molar-refractivity contribution in [1.29, 1.82) is 0 Å². The quantitative estimate of drug-likeness (QED) is 0.142. The van der Waals surface area contributed by atoms with Crippen LogP contribution in [0.15, 0.2) is 53.7 Å². The molecule has 2 saturated heterocycles. The van der Waals surface area contributed by atoms with Gasteiger partial charge in [-0.1, -0.05) is 45.9 Å². The second-order valence-electron chi connectivity index (χ2n) is 17.7. The maximum Gasteiger partial charge on any atom is 0.407 e. The highest BCUT2D eigenvalue weighted by Gasteiger charge is 2.44. The molecule has 2 fully saturated rings. The van der Waals surface area contributed by atoms with Gasteiger partial charge in [0, 0.05) is 43.3 Å². The molecule has 4 aliphatic heterocycles. The second-order valence-corrected chi connectivity index (χ2v) is 17.7. The van der Waals surface area contributed by atoms with Crippen molar-refractivity contribution in [3.05, 3.63) is 65.6 Å². The van der Waals surface area contributed by atoms with E-state index in [0.717, 1.165) is 80.7 Å². The summed E-state index contributed by atoms with van der Waals surface area (Å²) >= 11 is 0. The number of hydrogen-bond acceptors (Lipinski definition) is 10. The summed E-state index contributed by atoms with van der Waals surface area (Å²) in [5.74, 6) is 1.08. The second kappa shape index (κ2) is 17.4. The average molecular weight is 848 g/mol. The lowest BCUT2D eigenvalue weighted by Gasteiger charge is -2.32. The number of rotatable bonds is 11. The van der Waals surface area contributed by atoms with E-state index in [1.807, 2.05) is 50.6 Å². The van der Waals surface area contributed by atoms with Crippen LogP contribution >= 0.6 is 0 Å². The molecule has 62 heavy (non-hydrogen) atoms. The molecule has 4 aromatic rings. The number of aliphatic imine (C=N–C) groups is 1. The van der Waals surface area contributed by atoms with Crippen molar-refractivity contribution in [3.63, 3.8) is 0 Å². The van der Waals surface area contributed by atoms with Gasteiger partial charge in [-0.15, -0.1) is 0 Å². The number of amides is 4. The van der Waals surface area contributed by atoms with E-state index in [-0.39, 0.29) is 47.7 Å². The van der Waals surface area contributed by atoms with Crippen molar-refractivity contribution in [3.8, 4) is 28.1 Å². The summed E-state index contributed by atoms with van der Waals surface area (Å²) < 4.78 is 21.7. The SMILES string of the molecule is COC[C@H]1C[C@@H](C2=Nc3ccc4cc5c(cc4c3C2)OCc2cc(-c3cnc(C4CC[C@H](C)N4C(=O)[C@@H](NC(=O)OC)C(C)C)[nH]3)ccc2-5)N(C(=O)[C@@H](NC(=O)OC)C(C)C)C1. The molecule has 15 heteroatoms. The average Bonchev–Trinajstić information content (AvgIpc) is 4.09. The maximum atomic E-state index is 14.1. The predicted octanol–water partition coefficient (Wildman–Crippen LogP) is 7.09. The van der Waals surface area contributed by atoms with Crippen LogP contribution in [0.2, 0.25) is 0 Å². The van der Waals surface area contributed by atoms with Gasteiger partial charge in [-0.3, -0.25) is 14.6 Å². The summed E-state index contributed by atoms with van der Waals surface area (Å²) in [6.45, 7) is 11.1. The van der Waals surface area contributed by atoms with E-state index in [2.05, 4.69) is 58.1 Å². The first-order chi connectivity index (χ1) is 29.8. The van der Waals surface area contributed by atoms with E-state index in [0.29, 0.717) is 32.0 Å². The Balaban J connectivity index is 1.02. The fraction of sp³-hybridized carbons (Fsp3) is 0.489. The highest BCUT2D eigenvalue weighted by molar-refractivity contribution is 6.06. The maximum absolute atomic E-state index is 14.1. The third-order valence-corrected chi connectivity index (χ3v) is 13.0. The molecule has 8 rings (SSSR count). The molecule has 4 aliphatic rings. The number of carbonyl (C=O) groups excluding carboxylic acids is 4. The first kappa shape index (κ1) is 42.7. The minimum Gasteiger partial charge on any atom is -0.488 e. The van der Waals surface area contributed by atoms with Gasteiger partial charge >= 0.3 is 12.2 Å². The van der Waals surface area contributed by atoms with Crippen molar-refractivity contribution >= 4 is 46.2 Å². The Labute approximate surface area is 361 Å². The van der Waals surface area contributed by atoms with Gasteiger partial charge in [0.25, 0.3) is 0 Å². The fourth-order valence-corrected chi connectivity index (χ4v) is 9.74. The first-order valence-electron chi connectivity index (χ1n) is 21.6. The molecule has 5 heterocycles. The Kier molecular flexibility index (Phi) is 12.0. The predicted molar refractivity (Wildman–Crippen MR) is 234 cm³/mol. The van der Waals surface area contributed by atoms with Crippen LogP contribution in [0.25, 0.3) is 33.2 Å². The summed E-state index contributed by atoms with van der Waals surface area (Å²) in [5, 5.41) is 7.62. The van der Waals surface area contributed by atoms with E-state index in [1.54, 1.807) is 7.11 Å². The molecule has 0 aliphatic carbocycles. The summed E-state index contributed by atoms with van der Waals surface area (Å²) in [7, 11) is 4.26. The van der Waals surface area contributed by atoms with Gasteiger partial charge in [0.15, 0.2) is 0 Å². The van der Waals surface area contributed by atoms with Crippen LogP contribution in [-0.4, -0.2) is 108 Å². The van der Waals surface area contributed by atoms with Crippen molar-refractivity contribution < 1.29 is 38.1 Å². The van der Waals surface area contributed by atoms with Crippen molar-refractivity contribution in [2.45, 2.75) is 97.1 Å². The molecular weight excluding hydrogens is 791 g/mol. The number of aromatic amines is 1. The summed E-state index contributed by atoms with van der Waals surface area (Å²) in [6, 6.07) is 12.9. The van der Waals surface area contributed by atoms with Crippen LogP contribution in [0.4, 0.5) is 15.3 Å². The Hall–Kier alpha value is -5.96. The first-order valence-corrected chi connectivity index (χ1v) is 21.6. The minimum atomic E-state index is -0.734. The van der Waals surface area contributed by atoms with Gasteiger partial charge in [0.1, 0.15) is 30.3 Å². The Bertz CT molecular complexity index is 2430.